The minimum absolute atomic E-state index is 0.366. The second-order valence-corrected chi connectivity index (χ2v) is 5.30. The molecule has 0 radical (unpaired) electrons. The molecule has 1 N–H and O–H groups in total. The SMILES string of the molecule is CCc1nc(-c2sccc2C)sc1C(=O)O. The van der Waals surface area contributed by atoms with Crippen LogP contribution in [0, 0.1) is 6.92 Å². The van der Waals surface area contributed by atoms with E-state index >= 15 is 0 Å². The van der Waals surface area contributed by atoms with E-state index in [4.69, 9.17) is 5.11 Å². The van der Waals surface area contributed by atoms with Crippen molar-refractivity contribution in [2.75, 3.05) is 0 Å². The van der Waals surface area contributed by atoms with Crippen LogP contribution in [0.3, 0.4) is 0 Å². The molecule has 0 saturated carbocycles. The van der Waals surface area contributed by atoms with E-state index in [0.29, 0.717) is 17.0 Å². The summed E-state index contributed by atoms with van der Waals surface area (Å²) < 4.78 is 0. The normalized spacial score (nSPS) is 10.6. The largest absolute Gasteiger partial charge is 0.477 e. The number of nitrogens with zero attached hydrogens (tertiary/aromatic N) is 1. The highest BCUT2D eigenvalue weighted by molar-refractivity contribution is 7.22. The van der Waals surface area contributed by atoms with Crippen molar-refractivity contribution >= 4 is 28.6 Å². The van der Waals surface area contributed by atoms with E-state index < -0.39 is 5.97 Å². The van der Waals surface area contributed by atoms with Gasteiger partial charge in [0.15, 0.2) is 0 Å². The van der Waals surface area contributed by atoms with Crippen LogP contribution in [0.1, 0.15) is 27.9 Å². The Balaban J connectivity index is 2.52. The Morgan fingerprint density at radius 1 is 1.56 bits per heavy atom. The number of carboxylic acids is 1. The minimum Gasteiger partial charge on any atom is -0.477 e. The van der Waals surface area contributed by atoms with Crippen LogP contribution in [-0.4, -0.2) is 16.1 Å². The number of rotatable bonds is 3. The summed E-state index contributed by atoms with van der Waals surface area (Å²) in [6.45, 7) is 3.94. The predicted octanol–water partition coefficient (Wildman–Crippen LogP) is 3.44. The number of aromatic carboxylic acids is 1. The molecule has 0 bridgehead atoms. The highest BCUT2D eigenvalue weighted by Gasteiger charge is 2.18. The lowest BCUT2D eigenvalue weighted by Crippen LogP contribution is -1.97. The van der Waals surface area contributed by atoms with E-state index in [0.717, 1.165) is 15.4 Å². The molecule has 2 aromatic rings. The van der Waals surface area contributed by atoms with Crippen LogP contribution in [0.4, 0.5) is 0 Å². The number of hydrogen-bond donors (Lipinski definition) is 1. The Kier molecular flexibility index (Phi) is 3.07. The van der Waals surface area contributed by atoms with Gasteiger partial charge in [0.05, 0.1) is 10.6 Å². The van der Waals surface area contributed by atoms with E-state index in [9.17, 15) is 4.79 Å². The molecule has 16 heavy (non-hydrogen) atoms. The Hall–Kier alpha value is -1.20. The zero-order valence-corrected chi connectivity index (χ0v) is 10.6. The monoisotopic (exact) mass is 253 g/mol. The van der Waals surface area contributed by atoms with Crippen molar-refractivity contribution in [1.29, 1.82) is 0 Å². The van der Waals surface area contributed by atoms with Crippen LogP contribution in [0.2, 0.25) is 0 Å². The maximum absolute atomic E-state index is 11.0. The fourth-order valence-electron chi connectivity index (χ4n) is 1.45. The van der Waals surface area contributed by atoms with Gasteiger partial charge in [0.2, 0.25) is 0 Å². The quantitative estimate of drug-likeness (QED) is 0.911. The lowest BCUT2D eigenvalue weighted by Gasteiger charge is -1.91. The summed E-state index contributed by atoms with van der Waals surface area (Å²) >= 11 is 2.87. The zero-order valence-electron chi connectivity index (χ0n) is 8.98. The molecule has 0 aliphatic heterocycles. The first-order valence-corrected chi connectivity index (χ1v) is 6.60. The molecular formula is C11H11NO2S2. The summed E-state index contributed by atoms with van der Waals surface area (Å²) in [7, 11) is 0. The van der Waals surface area contributed by atoms with Gasteiger partial charge in [-0.15, -0.1) is 22.7 Å². The third-order valence-electron chi connectivity index (χ3n) is 2.28. The van der Waals surface area contributed by atoms with Crippen LogP contribution >= 0.6 is 22.7 Å². The molecule has 0 aliphatic carbocycles. The first-order chi connectivity index (χ1) is 7.63. The molecule has 3 nitrogen and oxygen atoms in total. The van der Waals surface area contributed by atoms with Gasteiger partial charge in [0.25, 0.3) is 0 Å². The lowest BCUT2D eigenvalue weighted by molar-refractivity contribution is 0.0701. The molecule has 0 atom stereocenters. The Morgan fingerprint density at radius 3 is 2.75 bits per heavy atom. The average Bonchev–Trinajstić information content (AvgIpc) is 2.82. The van der Waals surface area contributed by atoms with Gasteiger partial charge in [-0.1, -0.05) is 6.92 Å². The number of aryl methyl sites for hydroxylation is 2. The number of thiophene rings is 1. The van der Waals surface area contributed by atoms with Gasteiger partial charge >= 0.3 is 5.97 Å². The second-order valence-electron chi connectivity index (χ2n) is 3.39. The standard InChI is InChI=1S/C11H11NO2S2/c1-3-7-9(11(13)14)16-10(12-7)8-6(2)4-5-15-8/h4-5H,3H2,1-2H3,(H,13,14). The number of carboxylic acid groups (broad SMARTS) is 1. The van der Waals surface area contributed by atoms with Gasteiger partial charge in [-0.3, -0.25) is 0 Å². The van der Waals surface area contributed by atoms with E-state index in [2.05, 4.69) is 4.98 Å². The van der Waals surface area contributed by atoms with Gasteiger partial charge < -0.3 is 5.11 Å². The number of aromatic nitrogens is 1. The highest BCUT2D eigenvalue weighted by Crippen LogP contribution is 2.34. The summed E-state index contributed by atoms with van der Waals surface area (Å²) in [5, 5.41) is 11.9. The molecule has 0 unspecified atom stereocenters. The smallest absolute Gasteiger partial charge is 0.347 e. The summed E-state index contributed by atoms with van der Waals surface area (Å²) in [5.41, 5.74) is 1.83. The molecular weight excluding hydrogens is 242 g/mol. The minimum atomic E-state index is -0.880. The van der Waals surface area contributed by atoms with Crippen LogP contribution in [0.25, 0.3) is 9.88 Å². The summed E-state index contributed by atoms with van der Waals surface area (Å²) in [5.74, 6) is -0.880. The highest BCUT2D eigenvalue weighted by atomic mass is 32.1. The Labute approximate surface area is 101 Å². The maximum atomic E-state index is 11.0. The van der Waals surface area contributed by atoms with Crippen LogP contribution in [0.15, 0.2) is 11.4 Å². The van der Waals surface area contributed by atoms with Gasteiger partial charge in [0.1, 0.15) is 9.88 Å². The average molecular weight is 253 g/mol. The molecule has 2 heterocycles. The molecule has 2 aromatic heterocycles. The van der Waals surface area contributed by atoms with Gasteiger partial charge in [-0.2, -0.15) is 0 Å². The van der Waals surface area contributed by atoms with Gasteiger partial charge in [-0.25, -0.2) is 9.78 Å². The Morgan fingerprint density at radius 2 is 2.31 bits per heavy atom. The fourth-order valence-corrected chi connectivity index (χ4v) is 3.52. The van der Waals surface area contributed by atoms with E-state index in [1.807, 2.05) is 25.3 Å². The lowest BCUT2D eigenvalue weighted by atomic mass is 10.3. The summed E-state index contributed by atoms with van der Waals surface area (Å²) in [4.78, 5) is 16.9. The van der Waals surface area contributed by atoms with E-state index in [1.54, 1.807) is 11.3 Å². The summed E-state index contributed by atoms with van der Waals surface area (Å²) in [6.07, 6.45) is 0.655. The van der Waals surface area contributed by atoms with Crippen LogP contribution < -0.4 is 0 Å². The van der Waals surface area contributed by atoms with Crippen molar-refractivity contribution in [3.8, 4) is 9.88 Å². The molecule has 0 saturated heterocycles. The first-order valence-electron chi connectivity index (χ1n) is 4.91. The number of thiazole rings is 1. The van der Waals surface area contributed by atoms with Crippen molar-refractivity contribution in [1.82, 2.24) is 4.98 Å². The topological polar surface area (TPSA) is 50.2 Å². The van der Waals surface area contributed by atoms with Crippen molar-refractivity contribution in [3.63, 3.8) is 0 Å². The van der Waals surface area contributed by atoms with Crippen molar-refractivity contribution in [3.05, 3.63) is 27.6 Å². The van der Waals surface area contributed by atoms with Crippen molar-refractivity contribution in [2.45, 2.75) is 20.3 Å². The molecule has 2 rings (SSSR count). The van der Waals surface area contributed by atoms with Crippen LogP contribution in [0.5, 0.6) is 0 Å². The maximum Gasteiger partial charge on any atom is 0.347 e. The van der Waals surface area contributed by atoms with Gasteiger partial charge in [0, 0.05) is 0 Å². The fraction of sp³-hybridized carbons (Fsp3) is 0.273. The first kappa shape index (κ1) is 11.3. The number of hydrogen-bond acceptors (Lipinski definition) is 4. The van der Waals surface area contributed by atoms with Crippen molar-refractivity contribution in [2.24, 2.45) is 0 Å². The molecule has 5 heteroatoms. The second kappa shape index (κ2) is 4.35. The van der Waals surface area contributed by atoms with Crippen molar-refractivity contribution < 1.29 is 9.90 Å². The zero-order chi connectivity index (χ0) is 11.7. The third kappa shape index (κ3) is 1.88. The van der Waals surface area contributed by atoms with Crippen LogP contribution in [-0.2, 0) is 6.42 Å². The molecule has 0 amide bonds. The third-order valence-corrected chi connectivity index (χ3v) is 4.54. The predicted molar refractivity (Wildman–Crippen MR) is 66.5 cm³/mol. The molecule has 0 aromatic carbocycles. The van der Waals surface area contributed by atoms with Gasteiger partial charge in [-0.05, 0) is 30.4 Å². The van der Waals surface area contributed by atoms with E-state index in [-0.39, 0.29) is 0 Å². The number of carbonyl (C=O) groups is 1. The molecule has 0 spiro atoms. The van der Waals surface area contributed by atoms with E-state index in [1.165, 1.54) is 11.3 Å². The Bertz CT molecular complexity index is 528. The summed E-state index contributed by atoms with van der Waals surface area (Å²) in [6, 6.07) is 2.02. The molecule has 0 fully saturated rings. The molecule has 0 aliphatic rings. The molecule has 84 valence electrons.